The summed E-state index contributed by atoms with van der Waals surface area (Å²) in [5.74, 6) is -0.465. The molecule has 7 heteroatoms. The van der Waals surface area contributed by atoms with Crippen molar-refractivity contribution in [3.05, 3.63) is 29.0 Å². The third-order valence-electron chi connectivity index (χ3n) is 2.92. The molecule has 104 valence electrons. The lowest BCUT2D eigenvalue weighted by Crippen LogP contribution is -2.52. The van der Waals surface area contributed by atoms with Crippen LogP contribution in [0.4, 0.5) is 0 Å². The van der Waals surface area contributed by atoms with E-state index in [2.05, 4.69) is 15.3 Å². The van der Waals surface area contributed by atoms with E-state index in [1.807, 2.05) is 0 Å². The van der Waals surface area contributed by atoms with Gasteiger partial charge < -0.3 is 19.9 Å². The standard InChI is InChI=1S/C13H12ClN3O3/c1-8(20)17-13(6-18,7-19)4-9-5-16-12-11(9)10(14)2-3-15-12/h2-3,5-7H,4H2,1H3,(H,15,16)(H,17,20). The van der Waals surface area contributed by atoms with Gasteiger partial charge in [0.15, 0.2) is 18.1 Å². The number of carbonyl (C=O) groups excluding carboxylic acids is 3. The Kier molecular flexibility index (Phi) is 3.85. The van der Waals surface area contributed by atoms with E-state index in [9.17, 15) is 14.4 Å². The van der Waals surface area contributed by atoms with Crippen molar-refractivity contribution in [1.29, 1.82) is 0 Å². The number of halogens is 1. The first-order valence-electron chi connectivity index (χ1n) is 5.83. The summed E-state index contributed by atoms with van der Waals surface area (Å²) in [5.41, 5.74) is -0.410. The Morgan fingerprint density at radius 3 is 2.80 bits per heavy atom. The van der Waals surface area contributed by atoms with E-state index in [-0.39, 0.29) is 6.42 Å². The van der Waals surface area contributed by atoms with Gasteiger partial charge in [0.05, 0.1) is 5.02 Å². The van der Waals surface area contributed by atoms with Gasteiger partial charge in [-0.2, -0.15) is 0 Å². The van der Waals surface area contributed by atoms with Crippen molar-refractivity contribution in [2.24, 2.45) is 0 Å². The van der Waals surface area contributed by atoms with Crippen LogP contribution >= 0.6 is 11.6 Å². The number of amides is 1. The van der Waals surface area contributed by atoms with Gasteiger partial charge in [-0.1, -0.05) is 11.6 Å². The first-order valence-corrected chi connectivity index (χ1v) is 6.21. The largest absolute Gasteiger partial charge is 0.346 e. The molecule has 2 N–H and O–H groups in total. The van der Waals surface area contributed by atoms with Crippen LogP contribution < -0.4 is 5.32 Å². The van der Waals surface area contributed by atoms with Crippen LogP contribution in [0.2, 0.25) is 5.02 Å². The molecule has 0 aromatic carbocycles. The van der Waals surface area contributed by atoms with Gasteiger partial charge in [0.2, 0.25) is 5.91 Å². The molecule has 0 spiro atoms. The lowest BCUT2D eigenvalue weighted by atomic mass is 9.93. The van der Waals surface area contributed by atoms with Gasteiger partial charge in [0.25, 0.3) is 0 Å². The third-order valence-corrected chi connectivity index (χ3v) is 3.23. The predicted octanol–water partition coefficient (Wildman–Crippen LogP) is 1.03. The molecule has 0 bridgehead atoms. The molecular weight excluding hydrogens is 282 g/mol. The highest BCUT2D eigenvalue weighted by atomic mass is 35.5. The summed E-state index contributed by atoms with van der Waals surface area (Å²) >= 11 is 6.10. The average molecular weight is 294 g/mol. The highest BCUT2D eigenvalue weighted by Gasteiger charge is 2.32. The van der Waals surface area contributed by atoms with Crippen LogP contribution in [0.5, 0.6) is 0 Å². The van der Waals surface area contributed by atoms with Gasteiger partial charge in [-0.15, -0.1) is 0 Å². The monoisotopic (exact) mass is 293 g/mol. The molecule has 0 aliphatic rings. The van der Waals surface area contributed by atoms with Crippen molar-refractivity contribution in [1.82, 2.24) is 15.3 Å². The molecule has 0 aliphatic carbocycles. The molecule has 2 heterocycles. The van der Waals surface area contributed by atoms with Gasteiger partial charge in [0, 0.05) is 31.1 Å². The summed E-state index contributed by atoms with van der Waals surface area (Å²) in [6.07, 6.45) is 4.01. The molecule has 0 saturated heterocycles. The Balaban J connectivity index is 2.46. The molecule has 0 unspecified atom stereocenters. The number of fused-ring (bicyclic) bond motifs is 1. The number of nitrogens with zero attached hydrogens (tertiary/aromatic N) is 1. The van der Waals surface area contributed by atoms with E-state index in [1.54, 1.807) is 18.5 Å². The Morgan fingerprint density at radius 2 is 2.20 bits per heavy atom. The maximum atomic E-state index is 11.2. The number of hydrogen-bond acceptors (Lipinski definition) is 4. The second-order valence-corrected chi connectivity index (χ2v) is 4.87. The van der Waals surface area contributed by atoms with Gasteiger partial charge in [0.1, 0.15) is 5.65 Å². The second-order valence-electron chi connectivity index (χ2n) is 4.46. The van der Waals surface area contributed by atoms with Crippen molar-refractivity contribution in [2.45, 2.75) is 18.9 Å². The van der Waals surface area contributed by atoms with Gasteiger partial charge in [-0.3, -0.25) is 4.79 Å². The molecule has 2 aromatic rings. The molecule has 1 amide bonds. The molecule has 2 aromatic heterocycles. The van der Waals surface area contributed by atoms with Crippen LogP contribution in [-0.2, 0) is 20.8 Å². The second kappa shape index (κ2) is 5.42. The molecule has 0 aliphatic heterocycles. The molecule has 0 saturated carbocycles. The van der Waals surface area contributed by atoms with E-state index in [1.165, 1.54) is 6.92 Å². The summed E-state index contributed by atoms with van der Waals surface area (Å²) in [4.78, 5) is 40.6. The topological polar surface area (TPSA) is 91.9 Å². The van der Waals surface area contributed by atoms with Gasteiger partial charge in [-0.05, 0) is 11.6 Å². The summed E-state index contributed by atoms with van der Waals surface area (Å²) in [6, 6.07) is 1.61. The third kappa shape index (κ3) is 2.55. The quantitative estimate of drug-likeness (QED) is 0.636. The Bertz CT molecular complexity index is 673. The summed E-state index contributed by atoms with van der Waals surface area (Å²) in [5, 5.41) is 3.45. The number of nitrogens with one attached hydrogen (secondary N) is 2. The Morgan fingerprint density at radius 1 is 1.50 bits per heavy atom. The molecule has 0 fully saturated rings. The van der Waals surface area contributed by atoms with Crippen molar-refractivity contribution in [2.75, 3.05) is 0 Å². The minimum atomic E-state index is -1.60. The summed E-state index contributed by atoms with van der Waals surface area (Å²) in [7, 11) is 0. The smallest absolute Gasteiger partial charge is 0.217 e. The SMILES string of the molecule is CC(=O)NC(C=O)(C=O)Cc1c[nH]c2nccc(Cl)c12. The maximum absolute atomic E-state index is 11.2. The van der Waals surface area contributed by atoms with Gasteiger partial charge in [-0.25, -0.2) is 4.98 Å². The van der Waals surface area contributed by atoms with Crippen molar-refractivity contribution in [3.8, 4) is 0 Å². The van der Waals surface area contributed by atoms with Crippen molar-refractivity contribution in [3.63, 3.8) is 0 Å². The Hall–Kier alpha value is -2.21. The molecule has 0 atom stereocenters. The van der Waals surface area contributed by atoms with Crippen LogP contribution in [-0.4, -0.2) is 34.0 Å². The van der Waals surface area contributed by atoms with E-state index >= 15 is 0 Å². The number of carbonyl (C=O) groups is 3. The zero-order valence-corrected chi connectivity index (χ0v) is 11.4. The van der Waals surface area contributed by atoms with Crippen molar-refractivity contribution < 1.29 is 14.4 Å². The zero-order valence-electron chi connectivity index (χ0n) is 10.6. The van der Waals surface area contributed by atoms with Gasteiger partial charge >= 0.3 is 0 Å². The predicted molar refractivity (Wildman–Crippen MR) is 73.5 cm³/mol. The van der Waals surface area contributed by atoms with Crippen molar-refractivity contribution >= 4 is 41.1 Å². The van der Waals surface area contributed by atoms with E-state index in [0.29, 0.717) is 34.2 Å². The van der Waals surface area contributed by atoms with Crippen LogP contribution in [0.3, 0.4) is 0 Å². The summed E-state index contributed by atoms with van der Waals surface area (Å²) in [6.45, 7) is 1.24. The minimum absolute atomic E-state index is 0.00495. The number of aldehydes is 2. The normalized spacial score (nSPS) is 11.3. The first kappa shape index (κ1) is 14.2. The fraction of sp³-hybridized carbons (Fsp3) is 0.231. The highest BCUT2D eigenvalue weighted by Crippen LogP contribution is 2.27. The number of pyridine rings is 1. The molecule has 0 radical (unpaired) electrons. The molecule has 2 rings (SSSR count). The van der Waals surface area contributed by atoms with E-state index in [0.717, 1.165) is 0 Å². The van der Waals surface area contributed by atoms with E-state index in [4.69, 9.17) is 11.6 Å². The molecular formula is C13H12ClN3O3. The number of rotatable bonds is 5. The fourth-order valence-electron chi connectivity index (χ4n) is 2.08. The average Bonchev–Trinajstić information content (AvgIpc) is 2.82. The highest BCUT2D eigenvalue weighted by molar-refractivity contribution is 6.35. The van der Waals surface area contributed by atoms with Crippen LogP contribution in [0, 0.1) is 0 Å². The van der Waals surface area contributed by atoms with Crippen LogP contribution in [0.15, 0.2) is 18.5 Å². The fourth-order valence-corrected chi connectivity index (χ4v) is 2.34. The first-order chi connectivity index (χ1) is 9.51. The number of aromatic nitrogens is 2. The van der Waals surface area contributed by atoms with E-state index < -0.39 is 11.4 Å². The van der Waals surface area contributed by atoms with Crippen LogP contribution in [0.1, 0.15) is 12.5 Å². The number of H-pyrrole nitrogens is 1. The number of aromatic amines is 1. The minimum Gasteiger partial charge on any atom is -0.346 e. The molecule has 20 heavy (non-hydrogen) atoms. The molecule has 6 nitrogen and oxygen atoms in total. The summed E-state index contributed by atoms with van der Waals surface area (Å²) < 4.78 is 0. The lowest BCUT2D eigenvalue weighted by molar-refractivity contribution is -0.130. The number of hydrogen-bond donors (Lipinski definition) is 2. The lowest BCUT2D eigenvalue weighted by Gasteiger charge is -2.22. The maximum Gasteiger partial charge on any atom is 0.217 e. The van der Waals surface area contributed by atoms with Crippen LogP contribution in [0.25, 0.3) is 11.0 Å². The zero-order chi connectivity index (χ0) is 14.8. The Labute approximate surface area is 119 Å².